The minimum absolute atomic E-state index is 0.148. The first kappa shape index (κ1) is 13.0. The van der Waals surface area contributed by atoms with Gasteiger partial charge in [-0.15, -0.1) is 0 Å². The molecule has 0 aliphatic rings. The Labute approximate surface area is 94.7 Å². The zero-order chi connectivity index (χ0) is 12.0. The molecule has 0 spiro atoms. The fraction of sp³-hybridized carbons (Fsp3) is 0.400. The summed E-state index contributed by atoms with van der Waals surface area (Å²) in [5.74, 6) is 0.534. The second-order valence-electron chi connectivity index (χ2n) is 2.99. The van der Waals surface area contributed by atoms with Crippen molar-refractivity contribution in [2.45, 2.75) is 11.8 Å². The third-order valence-corrected chi connectivity index (χ3v) is 2.69. The summed E-state index contributed by atoms with van der Waals surface area (Å²) < 4.78 is 40.6. The maximum atomic E-state index is 10.7. The van der Waals surface area contributed by atoms with Crippen LogP contribution >= 0.6 is 0 Å². The fourth-order valence-electron chi connectivity index (χ4n) is 1.07. The summed E-state index contributed by atoms with van der Waals surface area (Å²) in [5, 5.41) is 0. The molecule has 16 heavy (non-hydrogen) atoms. The molecule has 0 unspecified atom stereocenters. The Bertz CT molecular complexity index is 409. The maximum Gasteiger partial charge on any atom is 0.294 e. The smallest absolute Gasteiger partial charge is 0.294 e. The number of benzene rings is 1. The third kappa shape index (κ3) is 4.18. The second-order valence-corrected chi connectivity index (χ2v) is 4.41. The van der Waals surface area contributed by atoms with Crippen molar-refractivity contribution in [3.8, 4) is 5.75 Å². The number of hydrogen-bond donors (Lipinski definition) is 1. The Hall–Kier alpha value is -1.11. The van der Waals surface area contributed by atoms with E-state index in [1.165, 1.54) is 24.3 Å². The summed E-state index contributed by atoms with van der Waals surface area (Å²) in [7, 11) is -4.13. The van der Waals surface area contributed by atoms with Crippen molar-refractivity contribution in [3.05, 3.63) is 24.3 Å². The Morgan fingerprint density at radius 1 is 1.19 bits per heavy atom. The third-order valence-electron chi connectivity index (χ3n) is 1.82. The van der Waals surface area contributed by atoms with E-state index in [0.717, 1.165) is 0 Å². The lowest BCUT2D eigenvalue weighted by atomic mass is 10.3. The van der Waals surface area contributed by atoms with Crippen molar-refractivity contribution in [1.82, 2.24) is 0 Å². The molecule has 0 bridgehead atoms. The standard InChI is InChI=1S/C10H14O5S/c1-2-14-7-8-15-9-3-5-10(6-4-9)16(11,12)13/h3-6H,2,7-8H2,1H3,(H,11,12,13). The predicted molar refractivity (Wildman–Crippen MR) is 58.2 cm³/mol. The van der Waals surface area contributed by atoms with Crippen LogP contribution in [0.15, 0.2) is 29.2 Å². The van der Waals surface area contributed by atoms with Gasteiger partial charge in [0.2, 0.25) is 0 Å². The summed E-state index contributed by atoms with van der Waals surface area (Å²) in [6, 6.07) is 5.53. The van der Waals surface area contributed by atoms with Gasteiger partial charge in [0.25, 0.3) is 10.1 Å². The van der Waals surface area contributed by atoms with E-state index in [0.29, 0.717) is 25.6 Å². The van der Waals surface area contributed by atoms with Gasteiger partial charge in [-0.3, -0.25) is 4.55 Å². The number of ether oxygens (including phenoxy) is 2. The van der Waals surface area contributed by atoms with Crippen molar-refractivity contribution in [3.63, 3.8) is 0 Å². The Balaban J connectivity index is 2.52. The Morgan fingerprint density at radius 3 is 2.31 bits per heavy atom. The number of rotatable bonds is 6. The van der Waals surface area contributed by atoms with Crippen LogP contribution in [0.4, 0.5) is 0 Å². The molecular weight excluding hydrogens is 232 g/mol. The first-order chi connectivity index (χ1) is 7.54. The molecule has 0 saturated carbocycles. The van der Waals surface area contributed by atoms with Crippen molar-refractivity contribution in [1.29, 1.82) is 0 Å². The van der Waals surface area contributed by atoms with E-state index in [1.54, 1.807) is 0 Å². The van der Waals surface area contributed by atoms with E-state index in [-0.39, 0.29) is 4.90 Å². The molecule has 0 aliphatic heterocycles. The van der Waals surface area contributed by atoms with Crippen molar-refractivity contribution >= 4 is 10.1 Å². The molecule has 90 valence electrons. The van der Waals surface area contributed by atoms with Gasteiger partial charge in [-0.05, 0) is 31.2 Å². The molecule has 0 radical (unpaired) electrons. The predicted octanol–water partition coefficient (Wildman–Crippen LogP) is 1.35. The molecule has 0 aliphatic carbocycles. The summed E-state index contributed by atoms with van der Waals surface area (Å²) in [5.41, 5.74) is 0. The first-order valence-corrected chi connectivity index (χ1v) is 6.26. The van der Waals surface area contributed by atoms with Gasteiger partial charge >= 0.3 is 0 Å². The molecule has 1 aromatic rings. The van der Waals surface area contributed by atoms with Crippen molar-refractivity contribution in [2.75, 3.05) is 19.8 Å². The topological polar surface area (TPSA) is 72.8 Å². The highest BCUT2D eigenvalue weighted by molar-refractivity contribution is 7.85. The average molecular weight is 246 g/mol. The van der Waals surface area contributed by atoms with E-state index in [4.69, 9.17) is 14.0 Å². The quantitative estimate of drug-likeness (QED) is 0.606. The first-order valence-electron chi connectivity index (χ1n) is 4.82. The zero-order valence-electron chi connectivity index (χ0n) is 8.92. The summed E-state index contributed by atoms with van der Waals surface area (Å²) >= 11 is 0. The van der Waals surface area contributed by atoms with Gasteiger partial charge in [-0.25, -0.2) is 0 Å². The molecule has 1 N–H and O–H groups in total. The van der Waals surface area contributed by atoms with Crippen molar-refractivity contribution in [2.24, 2.45) is 0 Å². The molecule has 0 fully saturated rings. The van der Waals surface area contributed by atoms with Gasteiger partial charge in [-0.2, -0.15) is 8.42 Å². The molecule has 1 rings (SSSR count). The van der Waals surface area contributed by atoms with Crippen LogP contribution in [0.1, 0.15) is 6.92 Å². The van der Waals surface area contributed by atoms with Crippen molar-refractivity contribution < 1.29 is 22.4 Å². The van der Waals surface area contributed by atoms with Crippen LogP contribution in [0.2, 0.25) is 0 Å². The van der Waals surface area contributed by atoms with Crippen LogP contribution < -0.4 is 4.74 Å². The molecule has 0 aromatic heterocycles. The van der Waals surface area contributed by atoms with Gasteiger partial charge in [0.05, 0.1) is 11.5 Å². The molecule has 0 saturated heterocycles. The van der Waals surface area contributed by atoms with Gasteiger partial charge in [0, 0.05) is 6.61 Å². The summed E-state index contributed by atoms with van der Waals surface area (Å²) in [6.45, 7) is 3.40. The van der Waals surface area contributed by atoms with Gasteiger partial charge < -0.3 is 9.47 Å². The van der Waals surface area contributed by atoms with Crippen LogP contribution in [-0.2, 0) is 14.9 Å². The Kier molecular flexibility index (Phi) is 4.72. The van der Waals surface area contributed by atoms with Crippen LogP contribution in [0.3, 0.4) is 0 Å². The lowest BCUT2D eigenvalue weighted by molar-refractivity contribution is 0.110. The lowest BCUT2D eigenvalue weighted by Crippen LogP contribution is -2.06. The highest BCUT2D eigenvalue weighted by Gasteiger charge is 2.08. The highest BCUT2D eigenvalue weighted by Crippen LogP contribution is 2.15. The molecule has 1 aromatic carbocycles. The normalized spacial score (nSPS) is 11.4. The molecular formula is C10H14O5S. The molecule has 0 heterocycles. The van der Waals surface area contributed by atoms with Gasteiger partial charge in [0.15, 0.2) is 0 Å². The lowest BCUT2D eigenvalue weighted by Gasteiger charge is -2.06. The molecule has 0 amide bonds. The van der Waals surface area contributed by atoms with Crippen LogP contribution in [0, 0.1) is 0 Å². The van der Waals surface area contributed by atoms with Crippen LogP contribution in [0.5, 0.6) is 5.75 Å². The van der Waals surface area contributed by atoms with E-state index >= 15 is 0 Å². The van der Waals surface area contributed by atoms with E-state index in [2.05, 4.69) is 0 Å². The minimum atomic E-state index is -4.13. The highest BCUT2D eigenvalue weighted by atomic mass is 32.2. The SMILES string of the molecule is CCOCCOc1ccc(S(=O)(=O)O)cc1. The van der Waals surface area contributed by atoms with Crippen LogP contribution in [-0.4, -0.2) is 32.8 Å². The Morgan fingerprint density at radius 2 is 1.81 bits per heavy atom. The monoisotopic (exact) mass is 246 g/mol. The largest absolute Gasteiger partial charge is 0.491 e. The second kappa shape index (κ2) is 5.83. The summed E-state index contributed by atoms with van der Waals surface area (Å²) in [6.07, 6.45) is 0. The van der Waals surface area contributed by atoms with Crippen LogP contribution in [0.25, 0.3) is 0 Å². The minimum Gasteiger partial charge on any atom is -0.491 e. The molecule has 5 nitrogen and oxygen atoms in total. The summed E-state index contributed by atoms with van der Waals surface area (Å²) in [4.78, 5) is -0.148. The van der Waals surface area contributed by atoms with E-state index in [1.807, 2.05) is 6.92 Å². The molecule has 6 heteroatoms. The van der Waals surface area contributed by atoms with E-state index < -0.39 is 10.1 Å². The van der Waals surface area contributed by atoms with Gasteiger partial charge in [0.1, 0.15) is 12.4 Å². The fourth-order valence-corrected chi connectivity index (χ4v) is 1.55. The number of hydrogen-bond acceptors (Lipinski definition) is 4. The van der Waals surface area contributed by atoms with Gasteiger partial charge in [-0.1, -0.05) is 0 Å². The average Bonchev–Trinajstić information content (AvgIpc) is 2.24. The molecule has 0 atom stereocenters. The maximum absolute atomic E-state index is 10.7. The zero-order valence-corrected chi connectivity index (χ0v) is 9.74. The van der Waals surface area contributed by atoms with E-state index in [9.17, 15) is 8.42 Å².